The Kier molecular flexibility index (Phi) is 7.10. The number of fused-ring (bicyclic) bond motifs is 1. The Morgan fingerprint density at radius 1 is 1.34 bits per heavy atom. The summed E-state index contributed by atoms with van der Waals surface area (Å²) >= 11 is 2.98. The number of benzene rings is 1. The lowest BCUT2D eigenvalue weighted by Gasteiger charge is -2.12. The minimum absolute atomic E-state index is 0.0432. The highest BCUT2D eigenvalue weighted by Gasteiger charge is 2.16. The molecule has 0 fully saturated rings. The van der Waals surface area contributed by atoms with E-state index >= 15 is 0 Å². The summed E-state index contributed by atoms with van der Waals surface area (Å²) in [6.07, 6.45) is 0. The number of carbonyl (C=O) groups is 1. The molecule has 29 heavy (non-hydrogen) atoms. The van der Waals surface area contributed by atoms with Gasteiger partial charge in [0.1, 0.15) is 10.7 Å². The summed E-state index contributed by atoms with van der Waals surface area (Å²) in [5.74, 6) is 1.03. The first kappa shape index (κ1) is 21.5. The predicted octanol–water partition coefficient (Wildman–Crippen LogP) is 3.69. The molecule has 2 aromatic heterocycles. The fourth-order valence-corrected chi connectivity index (χ4v) is 4.80. The van der Waals surface area contributed by atoms with E-state index in [0.29, 0.717) is 30.1 Å². The molecule has 1 atom stereocenters. The summed E-state index contributed by atoms with van der Waals surface area (Å²) in [6, 6.07) is 7.96. The van der Waals surface area contributed by atoms with Crippen LogP contribution in [0.1, 0.15) is 34.3 Å². The molecule has 154 valence electrons. The van der Waals surface area contributed by atoms with E-state index in [1.165, 1.54) is 23.1 Å². The topological polar surface area (TPSA) is 84.1 Å². The fraction of sp³-hybridized carbons (Fsp3) is 0.381. The quantitative estimate of drug-likeness (QED) is 0.568. The van der Waals surface area contributed by atoms with Crippen LogP contribution in [0.2, 0.25) is 0 Å². The maximum Gasteiger partial charge on any atom is 0.259 e. The number of rotatable bonds is 8. The SMILES string of the molecule is COCc1cccc(CNC(=O)C(C)SCc2nc3sc(C)c(C)c3c(=O)[nH]2)c1. The number of ether oxygens (including phenoxy) is 1. The van der Waals surface area contributed by atoms with Crippen molar-refractivity contribution in [3.05, 3.63) is 62.0 Å². The molecule has 8 heteroatoms. The molecule has 1 aromatic carbocycles. The van der Waals surface area contributed by atoms with Crippen LogP contribution in [0.25, 0.3) is 10.2 Å². The van der Waals surface area contributed by atoms with Crippen molar-refractivity contribution in [1.29, 1.82) is 0 Å². The third-order valence-electron chi connectivity index (χ3n) is 4.70. The zero-order valence-electron chi connectivity index (χ0n) is 17.0. The van der Waals surface area contributed by atoms with Crippen molar-refractivity contribution in [3.8, 4) is 0 Å². The van der Waals surface area contributed by atoms with Crippen molar-refractivity contribution < 1.29 is 9.53 Å². The summed E-state index contributed by atoms with van der Waals surface area (Å²) < 4.78 is 5.14. The second kappa shape index (κ2) is 9.56. The number of thioether (sulfide) groups is 1. The molecule has 2 heterocycles. The van der Waals surface area contributed by atoms with E-state index in [9.17, 15) is 9.59 Å². The average Bonchev–Trinajstić information content (AvgIpc) is 2.99. The molecule has 6 nitrogen and oxygen atoms in total. The number of thiophene rings is 1. The number of H-pyrrole nitrogens is 1. The van der Waals surface area contributed by atoms with Gasteiger partial charge in [-0.1, -0.05) is 24.3 Å². The molecule has 3 aromatic rings. The number of carbonyl (C=O) groups excluding carboxylic acids is 1. The predicted molar refractivity (Wildman–Crippen MR) is 119 cm³/mol. The summed E-state index contributed by atoms with van der Waals surface area (Å²) in [5, 5.41) is 3.38. The van der Waals surface area contributed by atoms with Gasteiger partial charge in [0.05, 0.1) is 23.0 Å². The Labute approximate surface area is 178 Å². The zero-order valence-corrected chi connectivity index (χ0v) is 18.6. The van der Waals surface area contributed by atoms with E-state index in [1.54, 1.807) is 7.11 Å². The molecule has 0 saturated heterocycles. The van der Waals surface area contributed by atoms with E-state index in [0.717, 1.165) is 26.4 Å². The molecule has 0 aliphatic heterocycles. The van der Waals surface area contributed by atoms with Crippen LogP contribution in [0, 0.1) is 13.8 Å². The fourth-order valence-electron chi connectivity index (χ4n) is 2.98. The maximum absolute atomic E-state index is 12.4. The minimum atomic E-state index is -0.259. The number of aromatic amines is 1. The normalized spacial score (nSPS) is 12.3. The Balaban J connectivity index is 1.57. The zero-order chi connectivity index (χ0) is 21.0. The summed E-state index contributed by atoms with van der Waals surface area (Å²) in [4.78, 5) is 34.1. The van der Waals surface area contributed by atoms with Crippen LogP contribution in [0.3, 0.4) is 0 Å². The first-order chi connectivity index (χ1) is 13.9. The number of hydrogen-bond acceptors (Lipinski definition) is 6. The molecule has 0 bridgehead atoms. The van der Waals surface area contributed by atoms with Gasteiger partial charge in [0, 0.05) is 18.5 Å². The first-order valence-electron chi connectivity index (χ1n) is 9.34. The molecule has 0 saturated carbocycles. The number of amides is 1. The summed E-state index contributed by atoms with van der Waals surface area (Å²) in [5.41, 5.74) is 2.98. The Morgan fingerprint density at radius 2 is 2.10 bits per heavy atom. The molecule has 2 N–H and O–H groups in total. The van der Waals surface area contributed by atoms with Gasteiger partial charge in [0.25, 0.3) is 5.56 Å². The van der Waals surface area contributed by atoms with Crippen LogP contribution in [0.15, 0.2) is 29.1 Å². The number of methoxy groups -OCH3 is 1. The molecule has 0 spiro atoms. The van der Waals surface area contributed by atoms with Gasteiger partial charge in [0.15, 0.2) is 0 Å². The lowest BCUT2D eigenvalue weighted by Crippen LogP contribution is -2.30. The van der Waals surface area contributed by atoms with Gasteiger partial charge in [-0.25, -0.2) is 4.98 Å². The van der Waals surface area contributed by atoms with Crippen molar-refractivity contribution in [2.75, 3.05) is 7.11 Å². The van der Waals surface area contributed by atoms with Crippen LogP contribution in [0.4, 0.5) is 0 Å². The molecule has 3 rings (SSSR count). The third kappa shape index (κ3) is 5.26. The van der Waals surface area contributed by atoms with Gasteiger partial charge < -0.3 is 15.0 Å². The maximum atomic E-state index is 12.4. The van der Waals surface area contributed by atoms with Crippen LogP contribution in [-0.2, 0) is 28.4 Å². The van der Waals surface area contributed by atoms with Crippen molar-refractivity contribution >= 4 is 39.2 Å². The number of nitrogens with zero attached hydrogens (tertiary/aromatic N) is 1. The standard InChI is InChI=1S/C21H25N3O3S2/c1-12-13(2)29-21-18(12)20(26)23-17(24-21)11-28-14(3)19(25)22-9-15-6-5-7-16(8-15)10-27-4/h5-8,14H,9-11H2,1-4H3,(H,22,25)(H,23,24,26). The highest BCUT2D eigenvalue weighted by molar-refractivity contribution is 7.99. The lowest BCUT2D eigenvalue weighted by molar-refractivity contribution is -0.120. The second-order valence-electron chi connectivity index (χ2n) is 6.90. The van der Waals surface area contributed by atoms with E-state index in [-0.39, 0.29) is 16.7 Å². The van der Waals surface area contributed by atoms with Gasteiger partial charge in [-0.2, -0.15) is 0 Å². The van der Waals surface area contributed by atoms with Crippen molar-refractivity contribution in [3.63, 3.8) is 0 Å². The van der Waals surface area contributed by atoms with Gasteiger partial charge in [0.2, 0.25) is 5.91 Å². The van der Waals surface area contributed by atoms with Crippen LogP contribution in [0.5, 0.6) is 0 Å². The summed E-state index contributed by atoms with van der Waals surface area (Å²) in [6.45, 7) is 6.81. The van der Waals surface area contributed by atoms with Gasteiger partial charge in [-0.05, 0) is 37.5 Å². The van der Waals surface area contributed by atoms with Crippen LogP contribution < -0.4 is 10.9 Å². The number of hydrogen-bond donors (Lipinski definition) is 2. The largest absolute Gasteiger partial charge is 0.380 e. The van der Waals surface area contributed by atoms with Gasteiger partial charge in [-0.15, -0.1) is 23.1 Å². The number of aromatic nitrogens is 2. The van der Waals surface area contributed by atoms with Crippen LogP contribution in [-0.4, -0.2) is 28.2 Å². The van der Waals surface area contributed by atoms with Gasteiger partial charge in [-0.3, -0.25) is 9.59 Å². The molecule has 1 unspecified atom stereocenters. The number of aryl methyl sites for hydroxylation is 2. The molecular formula is C21H25N3O3S2. The Bertz CT molecular complexity index is 1070. The molecule has 0 radical (unpaired) electrons. The monoisotopic (exact) mass is 431 g/mol. The highest BCUT2D eigenvalue weighted by Crippen LogP contribution is 2.26. The number of nitrogens with one attached hydrogen (secondary N) is 2. The minimum Gasteiger partial charge on any atom is -0.380 e. The second-order valence-corrected chi connectivity index (χ2v) is 9.43. The third-order valence-corrected chi connectivity index (χ3v) is 6.95. The highest BCUT2D eigenvalue weighted by atomic mass is 32.2. The Hall–Kier alpha value is -2.16. The first-order valence-corrected chi connectivity index (χ1v) is 11.2. The van der Waals surface area contributed by atoms with Crippen molar-refractivity contribution in [1.82, 2.24) is 15.3 Å². The average molecular weight is 432 g/mol. The van der Waals surface area contributed by atoms with Crippen molar-refractivity contribution in [2.45, 2.75) is 44.9 Å². The van der Waals surface area contributed by atoms with E-state index < -0.39 is 0 Å². The van der Waals surface area contributed by atoms with E-state index in [1.807, 2.05) is 45.0 Å². The lowest BCUT2D eigenvalue weighted by atomic mass is 10.1. The molecule has 1 amide bonds. The van der Waals surface area contributed by atoms with E-state index in [2.05, 4.69) is 15.3 Å². The smallest absolute Gasteiger partial charge is 0.259 e. The summed E-state index contributed by atoms with van der Waals surface area (Å²) in [7, 11) is 1.66. The van der Waals surface area contributed by atoms with E-state index in [4.69, 9.17) is 4.74 Å². The van der Waals surface area contributed by atoms with Crippen molar-refractivity contribution in [2.24, 2.45) is 0 Å². The van der Waals surface area contributed by atoms with Gasteiger partial charge >= 0.3 is 0 Å². The molecular weight excluding hydrogens is 406 g/mol. The molecule has 0 aliphatic rings. The molecule has 0 aliphatic carbocycles. The van der Waals surface area contributed by atoms with Crippen LogP contribution >= 0.6 is 23.1 Å². The Morgan fingerprint density at radius 3 is 2.86 bits per heavy atom.